The fourth-order valence-electron chi connectivity index (χ4n) is 1.11. The molecule has 0 amide bonds. The van der Waals surface area contributed by atoms with E-state index >= 15 is 0 Å². The summed E-state index contributed by atoms with van der Waals surface area (Å²) in [6.45, 7) is 0. The topological polar surface area (TPSA) is 0 Å². The molecule has 0 bridgehead atoms. The van der Waals surface area contributed by atoms with Gasteiger partial charge in [-0.25, -0.2) is 4.39 Å². The lowest BCUT2D eigenvalue weighted by molar-refractivity contribution is 0.622. The van der Waals surface area contributed by atoms with Gasteiger partial charge in [0, 0.05) is 15.9 Å². The van der Waals surface area contributed by atoms with E-state index in [0.717, 1.165) is 9.79 Å². The molecule has 0 aromatic heterocycles. The number of hydrogen-bond donors (Lipinski definition) is 0. The Balaban J connectivity index is 2.19. The maximum Gasteiger partial charge on any atom is 0.132 e. The van der Waals surface area contributed by atoms with Crippen LogP contribution in [0.25, 0.3) is 0 Å². The Kier molecular flexibility index (Phi) is 2.84. The largest absolute Gasteiger partial charge is 0.206 e. The molecule has 0 saturated heterocycles. The molecule has 2 aromatic carbocycles. The predicted molar refractivity (Wildman–Crippen MR) is 55.8 cm³/mol. The lowest BCUT2D eigenvalue weighted by Crippen LogP contribution is -1.76. The van der Waals surface area contributed by atoms with Gasteiger partial charge in [-0.3, -0.25) is 0 Å². The second-order valence-electron chi connectivity index (χ2n) is 2.79. The van der Waals surface area contributed by atoms with Gasteiger partial charge in [0.05, 0.1) is 0 Å². The van der Waals surface area contributed by atoms with Crippen molar-refractivity contribution in [2.75, 3.05) is 0 Å². The average Bonchev–Trinajstić information content (AvgIpc) is 2.19. The molecule has 0 fully saturated rings. The van der Waals surface area contributed by atoms with Crippen LogP contribution in [0.5, 0.6) is 0 Å². The molecular formula is C12H8FS. The number of benzene rings is 2. The van der Waals surface area contributed by atoms with Gasteiger partial charge in [-0.05, 0) is 24.3 Å². The lowest BCUT2D eigenvalue weighted by Gasteiger charge is -2.00. The van der Waals surface area contributed by atoms with Crippen molar-refractivity contribution >= 4 is 11.8 Å². The maximum absolute atomic E-state index is 12.8. The van der Waals surface area contributed by atoms with Gasteiger partial charge in [-0.1, -0.05) is 36.0 Å². The van der Waals surface area contributed by atoms with Crippen molar-refractivity contribution in [2.24, 2.45) is 0 Å². The highest BCUT2D eigenvalue weighted by Gasteiger charge is 1.97. The molecule has 0 heterocycles. The van der Waals surface area contributed by atoms with Gasteiger partial charge in [-0.15, -0.1) is 0 Å². The maximum atomic E-state index is 12.8. The van der Waals surface area contributed by atoms with Crippen LogP contribution in [0, 0.1) is 11.9 Å². The fourth-order valence-corrected chi connectivity index (χ4v) is 1.97. The van der Waals surface area contributed by atoms with Crippen molar-refractivity contribution in [3.05, 3.63) is 60.4 Å². The van der Waals surface area contributed by atoms with Gasteiger partial charge in [0.2, 0.25) is 0 Å². The number of rotatable bonds is 2. The van der Waals surface area contributed by atoms with E-state index in [9.17, 15) is 4.39 Å². The summed E-state index contributed by atoms with van der Waals surface area (Å²) >= 11 is 1.54. The molecule has 0 unspecified atom stereocenters. The van der Waals surface area contributed by atoms with Crippen LogP contribution < -0.4 is 0 Å². The van der Waals surface area contributed by atoms with E-state index in [-0.39, 0.29) is 5.82 Å². The highest BCUT2D eigenvalue weighted by Crippen LogP contribution is 2.27. The normalized spacial score (nSPS) is 10.1. The Labute approximate surface area is 86.8 Å². The molecule has 69 valence electrons. The first-order valence-corrected chi connectivity index (χ1v) is 5.06. The van der Waals surface area contributed by atoms with E-state index in [2.05, 4.69) is 6.07 Å². The number of halogens is 1. The van der Waals surface area contributed by atoms with E-state index in [1.165, 1.54) is 6.07 Å². The highest BCUT2D eigenvalue weighted by atomic mass is 32.2. The van der Waals surface area contributed by atoms with Crippen LogP contribution in [-0.4, -0.2) is 0 Å². The molecule has 0 spiro atoms. The molecule has 1 radical (unpaired) electrons. The first-order chi connectivity index (χ1) is 6.84. The van der Waals surface area contributed by atoms with Crippen molar-refractivity contribution in [3.63, 3.8) is 0 Å². The minimum Gasteiger partial charge on any atom is -0.206 e. The van der Waals surface area contributed by atoms with E-state index in [4.69, 9.17) is 0 Å². The molecule has 0 aliphatic carbocycles. The van der Waals surface area contributed by atoms with Crippen LogP contribution >= 0.6 is 11.8 Å². The van der Waals surface area contributed by atoms with Crippen molar-refractivity contribution < 1.29 is 4.39 Å². The molecule has 0 aliphatic heterocycles. The fraction of sp³-hybridized carbons (Fsp3) is 0. The summed E-state index contributed by atoms with van der Waals surface area (Å²) in [5.74, 6) is -0.314. The van der Waals surface area contributed by atoms with Crippen LogP contribution in [0.4, 0.5) is 4.39 Å². The molecule has 2 rings (SSSR count). The zero-order chi connectivity index (χ0) is 9.80. The van der Waals surface area contributed by atoms with Gasteiger partial charge in [0.15, 0.2) is 0 Å². The predicted octanol–water partition coefficient (Wildman–Crippen LogP) is 3.78. The third-order valence-electron chi connectivity index (χ3n) is 1.72. The Bertz CT molecular complexity index is 412. The van der Waals surface area contributed by atoms with E-state index in [0.29, 0.717) is 0 Å². The molecule has 14 heavy (non-hydrogen) atoms. The molecule has 0 N–H and O–H groups in total. The zero-order valence-electron chi connectivity index (χ0n) is 7.41. The molecule has 0 aliphatic rings. The summed E-state index contributed by atoms with van der Waals surface area (Å²) in [5.41, 5.74) is 0. The minimum atomic E-state index is -0.314. The third kappa shape index (κ3) is 2.36. The summed E-state index contributed by atoms with van der Waals surface area (Å²) in [7, 11) is 0. The van der Waals surface area contributed by atoms with Crippen LogP contribution in [0.15, 0.2) is 58.3 Å². The van der Waals surface area contributed by atoms with Crippen molar-refractivity contribution in [3.8, 4) is 0 Å². The highest BCUT2D eigenvalue weighted by molar-refractivity contribution is 7.99. The molecule has 2 heteroatoms. The number of hydrogen-bond acceptors (Lipinski definition) is 1. The standard InChI is InChI=1S/C12H8FS/c13-10-5-4-8-12(9-10)14-11-6-2-1-3-7-11/h1-4,6-9H. The second-order valence-corrected chi connectivity index (χ2v) is 3.93. The average molecular weight is 203 g/mol. The molecule has 0 nitrogen and oxygen atoms in total. The van der Waals surface area contributed by atoms with Gasteiger partial charge >= 0.3 is 0 Å². The Morgan fingerprint density at radius 2 is 1.79 bits per heavy atom. The first-order valence-electron chi connectivity index (χ1n) is 4.25. The first kappa shape index (κ1) is 9.28. The Morgan fingerprint density at radius 3 is 2.50 bits per heavy atom. The smallest absolute Gasteiger partial charge is 0.132 e. The van der Waals surface area contributed by atoms with Crippen LogP contribution in [-0.2, 0) is 0 Å². The van der Waals surface area contributed by atoms with Gasteiger partial charge in [-0.2, -0.15) is 0 Å². The van der Waals surface area contributed by atoms with Gasteiger partial charge in [0.1, 0.15) is 5.82 Å². The summed E-state index contributed by atoms with van der Waals surface area (Å²) < 4.78 is 12.8. The monoisotopic (exact) mass is 203 g/mol. The van der Waals surface area contributed by atoms with Crippen LogP contribution in [0.2, 0.25) is 0 Å². The zero-order valence-corrected chi connectivity index (χ0v) is 8.22. The van der Waals surface area contributed by atoms with Crippen molar-refractivity contribution in [1.82, 2.24) is 0 Å². The molecule has 0 atom stereocenters. The quantitative estimate of drug-likeness (QED) is 0.715. The van der Waals surface area contributed by atoms with Crippen molar-refractivity contribution in [1.29, 1.82) is 0 Å². The minimum absolute atomic E-state index is 0.314. The summed E-state index contributed by atoms with van der Waals surface area (Å²) in [5, 5.41) is 0. The summed E-state index contributed by atoms with van der Waals surface area (Å²) in [6, 6.07) is 17.3. The summed E-state index contributed by atoms with van der Waals surface area (Å²) in [4.78, 5) is 2.01. The Morgan fingerprint density at radius 1 is 1.00 bits per heavy atom. The lowest BCUT2D eigenvalue weighted by atomic mass is 10.3. The third-order valence-corrected chi connectivity index (χ3v) is 2.71. The van der Waals surface area contributed by atoms with E-state index < -0.39 is 0 Å². The summed E-state index contributed by atoms with van der Waals surface area (Å²) in [6.07, 6.45) is 0. The van der Waals surface area contributed by atoms with E-state index in [1.54, 1.807) is 17.8 Å². The van der Waals surface area contributed by atoms with E-state index in [1.807, 2.05) is 36.4 Å². The molecule has 0 saturated carbocycles. The second kappa shape index (κ2) is 4.29. The SMILES string of the molecule is Fc1[c]ccc(Sc2ccccc2)c1. The molecule has 2 aromatic rings. The molecular weight excluding hydrogens is 195 g/mol. The van der Waals surface area contributed by atoms with Gasteiger partial charge < -0.3 is 0 Å². The van der Waals surface area contributed by atoms with Gasteiger partial charge in [0.25, 0.3) is 0 Å². The van der Waals surface area contributed by atoms with Crippen molar-refractivity contribution in [2.45, 2.75) is 9.79 Å². The van der Waals surface area contributed by atoms with Crippen LogP contribution in [0.3, 0.4) is 0 Å². The Hall–Kier alpha value is -1.28. The van der Waals surface area contributed by atoms with Crippen LogP contribution in [0.1, 0.15) is 0 Å².